The van der Waals surface area contributed by atoms with Crippen LogP contribution in [0, 0.1) is 0 Å². The third-order valence-electron chi connectivity index (χ3n) is 6.88. The van der Waals surface area contributed by atoms with Crippen LogP contribution in [0.25, 0.3) is 0 Å². The Labute approximate surface area is 165 Å². The van der Waals surface area contributed by atoms with Gasteiger partial charge < -0.3 is 19.9 Å². The highest BCUT2D eigenvalue weighted by atomic mass is 16.5. The van der Waals surface area contributed by atoms with Crippen LogP contribution in [0.15, 0.2) is 28.8 Å². The molecular formula is C22H27N3O3. The smallest absolute Gasteiger partial charge is 0.274 e. The number of aromatic nitrogens is 1. The number of benzene rings is 1. The number of hydrogen-bond donors (Lipinski definition) is 2. The fourth-order valence-corrected chi connectivity index (χ4v) is 5.57. The lowest BCUT2D eigenvalue weighted by Crippen LogP contribution is -2.49. The van der Waals surface area contributed by atoms with Crippen molar-refractivity contribution >= 4 is 5.91 Å². The maximum absolute atomic E-state index is 13.2. The summed E-state index contributed by atoms with van der Waals surface area (Å²) >= 11 is 0. The summed E-state index contributed by atoms with van der Waals surface area (Å²) in [7, 11) is 1.76. The first-order valence-corrected chi connectivity index (χ1v) is 10.4. The number of ether oxygens (including phenoxy) is 1. The van der Waals surface area contributed by atoms with E-state index in [1.54, 1.807) is 7.11 Å². The van der Waals surface area contributed by atoms with Gasteiger partial charge in [0, 0.05) is 24.5 Å². The first-order chi connectivity index (χ1) is 13.7. The summed E-state index contributed by atoms with van der Waals surface area (Å²) in [5, 5.41) is 10.8. The van der Waals surface area contributed by atoms with Gasteiger partial charge in [0.1, 0.15) is 5.76 Å². The van der Waals surface area contributed by atoms with Crippen LogP contribution in [0.2, 0.25) is 0 Å². The van der Waals surface area contributed by atoms with E-state index in [0.29, 0.717) is 5.69 Å². The average Bonchev–Trinajstić information content (AvgIpc) is 3.27. The summed E-state index contributed by atoms with van der Waals surface area (Å²) in [5.74, 6) is 0.723. The minimum absolute atomic E-state index is 0.0577. The molecule has 5 rings (SSSR count). The largest absolute Gasteiger partial charge is 0.378 e. The number of hydrogen-bond acceptors (Lipinski definition) is 5. The van der Waals surface area contributed by atoms with Gasteiger partial charge in [0.2, 0.25) is 0 Å². The molecule has 3 aliphatic rings. The molecule has 1 aromatic carbocycles. The van der Waals surface area contributed by atoms with Crippen molar-refractivity contribution in [2.45, 2.75) is 56.1 Å². The zero-order valence-corrected chi connectivity index (χ0v) is 16.3. The predicted molar refractivity (Wildman–Crippen MR) is 104 cm³/mol. The Balaban J connectivity index is 1.49. The van der Waals surface area contributed by atoms with Gasteiger partial charge in [-0.15, -0.1) is 0 Å². The maximum atomic E-state index is 13.2. The van der Waals surface area contributed by atoms with Crippen LogP contribution in [0.1, 0.15) is 64.7 Å². The van der Waals surface area contributed by atoms with E-state index in [1.165, 1.54) is 11.1 Å². The molecule has 2 aromatic rings. The van der Waals surface area contributed by atoms with Crippen molar-refractivity contribution < 1.29 is 14.1 Å². The molecular weight excluding hydrogens is 354 g/mol. The van der Waals surface area contributed by atoms with E-state index in [2.05, 4.69) is 34.0 Å². The quantitative estimate of drug-likeness (QED) is 0.855. The molecule has 2 aliphatic carbocycles. The Morgan fingerprint density at radius 2 is 2.04 bits per heavy atom. The molecule has 1 aliphatic heterocycles. The fourth-order valence-electron chi connectivity index (χ4n) is 5.57. The standard InChI is InChI=1S/C22H27N3O3/c1-27-20-18(24-21(26)19-15-7-3-5-9-17(15)28-25-19)14-6-2-4-8-16(14)22(20)10-12-23-13-11-22/h2,4,6,8,18,20,23H,3,5,7,9-13H2,1H3,(H,24,26)/t18-,20+/m1/s1. The highest BCUT2D eigenvalue weighted by Crippen LogP contribution is 2.51. The second kappa shape index (κ2) is 7.01. The molecule has 6 heteroatoms. The topological polar surface area (TPSA) is 76.4 Å². The van der Waals surface area contributed by atoms with E-state index in [0.717, 1.165) is 62.9 Å². The van der Waals surface area contributed by atoms with Crippen molar-refractivity contribution in [2.24, 2.45) is 0 Å². The summed E-state index contributed by atoms with van der Waals surface area (Å²) in [4.78, 5) is 13.2. The van der Waals surface area contributed by atoms with Gasteiger partial charge in [0.05, 0.1) is 12.1 Å². The Morgan fingerprint density at radius 3 is 2.86 bits per heavy atom. The van der Waals surface area contributed by atoms with Crippen LogP contribution in [0.3, 0.4) is 0 Å². The maximum Gasteiger partial charge on any atom is 0.274 e. The third-order valence-corrected chi connectivity index (χ3v) is 6.88. The molecule has 0 bridgehead atoms. The molecule has 6 nitrogen and oxygen atoms in total. The van der Waals surface area contributed by atoms with E-state index >= 15 is 0 Å². The van der Waals surface area contributed by atoms with Crippen molar-refractivity contribution in [1.82, 2.24) is 15.8 Å². The lowest BCUT2D eigenvalue weighted by molar-refractivity contribution is 0.00388. The van der Waals surface area contributed by atoms with Crippen LogP contribution in [0.4, 0.5) is 0 Å². The monoisotopic (exact) mass is 381 g/mol. The van der Waals surface area contributed by atoms with Crippen LogP contribution < -0.4 is 10.6 Å². The Hall–Kier alpha value is -2.18. The van der Waals surface area contributed by atoms with Gasteiger partial charge in [-0.25, -0.2) is 0 Å². The molecule has 1 saturated heterocycles. The van der Waals surface area contributed by atoms with Gasteiger partial charge in [-0.05, 0) is 56.3 Å². The molecule has 1 aromatic heterocycles. The Bertz CT molecular complexity index is 885. The third kappa shape index (κ3) is 2.62. The van der Waals surface area contributed by atoms with E-state index in [9.17, 15) is 4.79 Å². The van der Waals surface area contributed by atoms with Gasteiger partial charge in [0.25, 0.3) is 5.91 Å². The van der Waals surface area contributed by atoms with E-state index in [-0.39, 0.29) is 23.5 Å². The number of methoxy groups -OCH3 is 1. The van der Waals surface area contributed by atoms with Gasteiger partial charge in [-0.1, -0.05) is 29.4 Å². The Kier molecular flexibility index (Phi) is 4.48. The molecule has 2 N–H and O–H groups in total. The number of rotatable bonds is 3. The van der Waals surface area contributed by atoms with Gasteiger partial charge in [-0.3, -0.25) is 4.79 Å². The number of carbonyl (C=O) groups excluding carboxylic acids is 1. The Morgan fingerprint density at radius 1 is 1.25 bits per heavy atom. The lowest BCUT2D eigenvalue weighted by Gasteiger charge is -2.40. The van der Waals surface area contributed by atoms with Crippen molar-refractivity contribution in [3.8, 4) is 0 Å². The number of amides is 1. The minimum Gasteiger partial charge on any atom is -0.378 e. The number of nitrogens with zero attached hydrogens (tertiary/aromatic N) is 1. The number of aryl methyl sites for hydroxylation is 1. The molecule has 0 unspecified atom stereocenters. The fraction of sp³-hybridized carbons (Fsp3) is 0.545. The lowest BCUT2D eigenvalue weighted by atomic mass is 9.72. The molecule has 1 fully saturated rings. The van der Waals surface area contributed by atoms with Gasteiger partial charge in [0.15, 0.2) is 5.69 Å². The van der Waals surface area contributed by atoms with E-state index < -0.39 is 0 Å². The average molecular weight is 381 g/mol. The number of piperidine rings is 1. The first kappa shape index (κ1) is 17.9. The number of carbonyl (C=O) groups is 1. The summed E-state index contributed by atoms with van der Waals surface area (Å²) < 4.78 is 11.5. The molecule has 1 spiro atoms. The predicted octanol–water partition coefficient (Wildman–Crippen LogP) is 2.67. The van der Waals surface area contributed by atoms with Gasteiger partial charge in [-0.2, -0.15) is 0 Å². The van der Waals surface area contributed by atoms with E-state index in [1.807, 2.05) is 6.07 Å². The molecule has 2 heterocycles. The van der Waals surface area contributed by atoms with Crippen LogP contribution >= 0.6 is 0 Å². The second-order valence-electron chi connectivity index (χ2n) is 8.24. The summed E-state index contributed by atoms with van der Waals surface area (Å²) in [6, 6.07) is 8.29. The van der Waals surface area contributed by atoms with Crippen LogP contribution in [-0.2, 0) is 23.0 Å². The SMILES string of the molecule is CO[C@H]1[C@H](NC(=O)c2noc3c2CCCC3)c2ccccc2C12CCNCC2. The number of nitrogens with one attached hydrogen (secondary N) is 2. The molecule has 28 heavy (non-hydrogen) atoms. The molecule has 1 amide bonds. The van der Waals surface area contributed by atoms with Crippen LogP contribution in [-0.4, -0.2) is 37.4 Å². The van der Waals surface area contributed by atoms with E-state index in [4.69, 9.17) is 9.26 Å². The zero-order chi connectivity index (χ0) is 19.1. The van der Waals surface area contributed by atoms with Crippen molar-refractivity contribution in [2.75, 3.05) is 20.2 Å². The minimum atomic E-state index is -0.178. The highest BCUT2D eigenvalue weighted by Gasteiger charge is 2.53. The zero-order valence-electron chi connectivity index (χ0n) is 16.3. The van der Waals surface area contributed by atoms with Crippen molar-refractivity contribution in [3.63, 3.8) is 0 Å². The molecule has 148 valence electrons. The van der Waals surface area contributed by atoms with Crippen molar-refractivity contribution in [1.29, 1.82) is 0 Å². The van der Waals surface area contributed by atoms with Gasteiger partial charge >= 0.3 is 0 Å². The normalized spacial score (nSPS) is 25.3. The van der Waals surface area contributed by atoms with Crippen molar-refractivity contribution in [3.05, 3.63) is 52.4 Å². The highest BCUT2D eigenvalue weighted by molar-refractivity contribution is 5.94. The summed E-state index contributed by atoms with van der Waals surface area (Å²) in [5.41, 5.74) is 3.87. The summed E-state index contributed by atoms with van der Waals surface area (Å²) in [6.07, 6.45) is 5.85. The molecule has 2 atom stereocenters. The second-order valence-corrected chi connectivity index (χ2v) is 8.24. The number of fused-ring (bicyclic) bond motifs is 3. The van der Waals surface area contributed by atoms with Crippen LogP contribution in [0.5, 0.6) is 0 Å². The molecule has 0 radical (unpaired) electrons. The summed E-state index contributed by atoms with van der Waals surface area (Å²) in [6.45, 7) is 1.93. The molecule has 0 saturated carbocycles. The first-order valence-electron chi connectivity index (χ1n) is 10.4.